The third-order valence-electron chi connectivity index (χ3n) is 5.00. The highest BCUT2D eigenvalue weighted by Crippen LogP contribution is 2.22. The summed E-state index contributed by atoms with van der Waals surface area (Å²) in [7, 11) is 4.47. The van der Waals surface area contributed by atoms with Crippen molar-refractivity contribution >= 4 is 0 Å². The van der Waals surface area contributed by atoms with E-state index in [2.05, 4.69) is 44.7 Å². The molecule has 0 amide bonds. The standard InChI is InChI=1S/C9H19N.C8H17N/c1-8(2)9-5-4-6-10(3)7-9;1-3-8-6-4-5-7-9(8)2/h8-9H,4-7H2,1-3H3;8H,3-7H2,1-2H3. The quantitative estimate of drug-likeness (QED) is 0.750. The molecule has 0 saturated carbocycles. The fourth-order valence-electron chi connectivity index (χ4n) is 3.41. The van der Waals surface area contributed by atoms with Crippen molar-refractivity contribution in [3.05, 3.63) is 0 Å². The van der Waals surface area contributed by atoms with Crippen molar-refractivity contribution in [2.24, 2.45) is 11.8 Å². The number of hydrogen-bond acceptors (Lipinski definition) is 2. The van der Waals surface area contributed by atoms with Gasteiger partial charge in [0.2, 0.25) is 0 Å². The number of hydrogen-bond donors (Lipinski definition) is 0. The van der Waals surface area contributed by atoms with Crippen molar-refractivity contribution < 1.29 is 0 Å². The summed E-state index contributed by atoms with van der Waals surface area (Å²) in [5, 5.41) is 0. The van der Waals surface area contributed by atoms with Gasteiger partial charge < -0.3 is 9.80 Å². The minimum atomic E-state index is 0.878. The highest BCUT2D eigenvalue weighted by molar-refractivity contribution is 4.72. The molecule has 19 heavy (non-hydrogen) atoms. The van der Waals surface area contributed by atoms with E-state index in [0.717, 1.165) is 17.9 Å². The molecule has 2 aliphatic rings. The topological polar surface area (TPSA) is 6.48 Å². The predicted molar refractivity (Wildman–Crippen MR) is 85.6 cm³/mol. The van der Waals surface area contributed by atoms with Gasteiger partial charge in [-0.1, -0.05) is 27.2 Å². The van der Waals surface area contributed by atoms with Crippen molar-refractivity contribution in [3.8, 4) is 0 Å². The van der Waals surface area contributed by atoms with Gasteiger partial charge in [-0.3, -0.25) is 0 Å². The van der Waals surface area contributed by atoms with Crippen molar-refractivity contribution in [2.75, 3.05) is 33.7 Å². The molecular formula is C17H36N2. The summed E-state index contributed by atoms with van der Waals surface area (Å²) in [6, 6.07) is 0.888. The average Bonchev–Trinajstić information content (AvgIpc) is 2.40. The molecule has 2 heterocycles. The van der Waals surface area contributed by atoms with E-state index in [4.69, 9.17) is 0 Å². The van der Waals surface area contributed by atoms with Crippen molar-refractivity contribution in [1.82, 2.24) is 9.80 Å². The lowest BCUT2D eigenvalue weighted by molar-refractivity contribution is 0.173. The van der Waals surface area contributed by atoms with Crippen LogP contribution in [0.4, 0.5) is 0 Å². The molecule has 0 N–H and O–H groups in total. The van der Waals surface area contributed by atoms with Crippen LogP contribution in [-0.4, -0.2) is 49.6 Å². The summed E-state index contributed by atoms with van der Waals surface area (Å²) in [6.07, 6.45) is 8.46. The Morgan fingerprint density at radius 1 is 1.00 bits per heavy atom. The number of rotatable bonds is 2. The molecule has 0 bridgehead atoms. The van der Waals surface area contributed by atoms with Gasteiger partial charge in [0.15, 0.2) is 0 Å². The van der Waals surface area contributed by atoms with Gasteiger partial charge in [0.05, 0.1) is 0 Å². The first-order valence-corrected chi connectivity index (χ1v) is 8.43. The number of piperidine rings is 2. The summed E-state index contributed by atoms with van der Waals surface area (Å²) in [5.41, 5.74) is 0. The fourth-order valence-corrected chi connectivity index (χ4v) is 3.41. The number of nitrogens with zero attached hydrogens (tertiary/aromatic N) is 2. The van der Waals surface area contributed by atoms with Crippen molar-refractivity contribution in [1.29, 1.82) is 0 Å². The summed E-state index contributed by atoms with van der Waals surface area (Å²) in [4.78, 5) is 4.94. The van der Waals surface area contributed by atoms with Crippen molar-refractivity contribution in [3.63, 3.8) is 0 Å². The SMILES string of the molecule is CC(C)C1CCCN(C)C1.CCC1CCCCN1C. The van der Waals surface area contributed by atoms with Gasteiger partial charge in [0, 0.05) is 12.6 Å². The lowest BCUT2D eigenvalue weighted by atomic mass is 9.88. The van der Waals surface area contributed by atoms with Crippen LogP contribution in [0.5, 0.6) is 0 Å². The summed E-state index contributed by atoms with van der Waals surface area (Å²) >= 11 is 0. The molecule has 2 heteroatoms. The van der Waals surface area contributed by atoms with Crippen LogP contribution in [0.25, 0.3) is 0 Å². The zero-order chi connectivity index (χ0) is 14.3. The Morgan fingerprint density at radius 2 is 1.74 bits per heavy atom. The Morgan fingerprint density at radius 3 is 2.16 bits per heavy atom. The largest absolute Gasteiger partial charge is 0.306 e. The summed E-state index contributed by atoms with van der Waals surface area (Å²) in [6.45, 7) is 10.9. The predicted octanol–water partition coefficient (Wildman–Crippen LogP) is 3.86. The Hall–Kier alpha value is -0.0800. The zero-order valence-electron chi connectivity index (χ0n) is 14.0. The molecule has 2 atom stereocenters. The Kier molecular flexibility index (Phi) is 8.01. The minimum Gasteiger partial charge on any atom is -0.306 e. The van der Waals surface area contributed by atoms with Crippen LogP contribution < -0.4 is 0 Å². The minimum absolute atomic E-state index is 0.878. The monoisotopic (exact) mass is 268 g/mol. The molecule has 0 radical (unpaired) electrons. The van der Waals surface area contributed by atoms with Gasteiger partial charge in [-0.05, 0) is 71.1 Å². The second-order valence-electron chi connectivity index (χ2n) is 6.95. The summed E-state index contributed by atoms with van der Waals surface area (Å²) in [5.74, 6) is 1.83. The van der Waals surface area contributed by atoms with Crippen LogP contribution in [-0.2, 0) is 0 Å². The second kappa shape index (κ2) is 8.97. The third-order valence-corrected chi connectivity index (χ3v) is 5.00. The van der Waals surface area contributed by atoms with E-state index in [0.29, 0.717) is 0 Å². The van der Waals surface area contributed by atoms with Gasteiger partial charge in [-0.25, -0.2) is 0 Å². The van der Waals surface area contributed by atoms with Gasteiger partial charge in [-0.2, -0.15) is 0 Å². The molecule has 2 unspecified atom stereocenters. The molecule has 2 rings (SSSR count). The molecule has 2 fully saturated rings. The fraction of sp³-hybridized carbons (Fsp3) is 1.00. The maximum absolute atomic E-state index is 2.49. The van der Waals surface area contributed by atoms with Crippen LogP contribution >= 0.6 is 0 Å². The van der Waals surface area contributed by atoms with E-state index in [1.807, 2.05) is 0 Å². The zero-order valence-corrected chi connectivity index (χ0v) is 14.0. The van der Waals surface area contributed by atoms with Crippen LogP contribution in [0.2, 0.25) is 0 Å². The van der Waals surface area contributed by atoms with Gasteiger partial charge in [-0.15, -0.1) is 0 Å². The number of likely N-dealkylation sites (tertiary alicyclic amines) is 2. The maximum Gasteiger partial charge on any atom is 0.00895 e. The molecule has 0 aromatic heterocycles. The van der Waals surface area contributed by atoms with E-state index in [-0.39, 0.29) is 0 Å². The van der Waals surface area contributed by atoms with Crippen LogP contribution in [0.1, 0.15) is 59.3 Å². The van der Waals surface area contributed by atoms with E-state index >= 15 is 0 Å². The lowest BCUT2D eigenvalue weighted by Crippen LogP contribution is -2.35. The Balaban J connectivity index is 0.000000191. The Labute approximate surface area is 121 Å². The van der Waals surface area contributed by atoms with E-state index < -0.39 is 0 Å². The van der Waals surface area contributed by atoms with E-state index in [1.54, 1.807) is 0 Å². The average molecular weight is 268 g/mol. The molecule has 0 aromatic rings. The first kappa shape index (κ1) is 17.0. The normalized spacial score (nSPS) is 30.0. The highest BCUT2D eigenvalue weighted by Gasteiger charge is 2.19. The van der Waals surface area contributed by atoms with Crippen LogP contribution in [0.15, 0.2) is 0 Å². The van der Waals surface area contributed by atoms with Gasteiger partial charge in [0.25, 0.3) is 0 Å². The van der Waals surface area contributed by atoms with Crippen LogP contribution in [0.3, 0.4) is 0 Å². The molecule has 2 saturated heterocycles. The molecule has 2 nitrogen and oxygen atoms in total. The van der Waals surface area contributed by atoms with Crippen LogP contribution in [0, 0.1) is 11.8 Å². The van der Waals surface area contributed by atoms with Crippen molar-refractivity contribution in [2.45, 2.75) is 65.3 Å². The molecule has 2 aliphatic heterocycles. The first-order chi connectivity index (χ1) is 9.04. The second-order valence-corrected chi connectivity index (χ2v) is 6.95. The lowest BCUT2D eigenvalue weighted by Gasteiger charge is -2.31. The molecular weight excluding hydrogens is 232 g/mol. The van der Waals surface area contributed by atoms with E-state index in [9.17, 15) is 0 Å². The first-order valence-electron chi connectivity index (χ1n) is 8.43. The molecule has 0 aliphatic carbocycles. The maximum atomic E-state index is 2.49. The van der Waals surface area contributed by atoms with Gasteiger partial charge in [0.1, 0.15) is 0 Å². The smallest absolute Gasteiger partial charge is 0.00895 e. The third kappa shape index (κ3) is 6.27. The highest BCUT2D eigenvalue weighted by atomic mass is 15.1. The van der Waals surface area contributed by atoms with Gasteiger partial charge >= 0.3 is 0 Å². The van der Waals surface area contributed by atoms with E-state index in [1.165, 1.54) is 58.2 Å². The Bertz CT molecular complexity index is 227. The molecule has 0 spiro atoms. The summed E-state index contributed by atoms with van der Waals surface area (Å²) < 4.78 is 0. The molecule has 114 valence electrons. The molecule has 0 aromatic carbocycles.